The van der Waals surface area contributed by atoms with Crippen LogP contribution in [-0.4, -0.2) is 26.8 Å². The average molecular weight is 409 g/mol. The van der Waals surface area contributed by atoms with Crippen LogP contribution >= 0.6 is 22.9 Å². The Bertz CT molecular complexity index is 1180. The van der Waals surface area contributed by atoms with Crippen LogP contribution in [0.15, 0.2) is 42.6 Å². The highest BCUT2D eigenvalue weighted by atomic mass is 35.5. The van der Waals surface area contributed by atoms with Gasteiger partial charge in [-0.25, -0.2) is 14.6 Å². The minimum Gasteiger partial charge on any atom is -0.375 e. The van der Waals surface area contributed by atoms with E-state index in [-0.39, 0.29) is 0 Å². The number of aryl methyl sites for hydroxylation is 1. The van der Waals surface area contributed by atoms with E-state index in [1.807, 2.05) is 54.3 Å². The Labute approximate surface area is 171 Å². The molecule has 1 aromatic carbocycles. The van der Waals surface area contributed by atoms with Gasteiger partial charge in [0.25, 0.3) is 0 Å². The Kier molecular flexibility index (Phi) is 4.07. The molecule has 0 atom stereocenters. The Morgan fingerprint density at radius 1 is 1.18 bits per heavy atom. The van der Waals surface area contributed by atoms with E-state index in [2.05, 4.69) is 15.3 Å². The fourth-order valence-corrected chi connectivity index (χ4v) is 4.75. The third kappa shape index (κ3) is 2.66. The summed E-state index contributed by atoms with van der Waals surface area (Å²) in [5.41, 5.74) is 12.0. The van der Waals surface area contributed by atoms with Gasteiger partial charge in [0.15, 0.2) is 5.13 Å². The summed E-state index contributed by atoms with van der Waals surface area (Å²) in [5, 5.41) is 9.24. The van der Waals surface area contributed by atoms with Gasteiger partial charge in [-0.3, -0.25) is 0 Å². The number of para-hydroxylation sites is 1. The van der Waals surface area contributed by atoms with Gasteiger partial charge >= 0.3 is 0 Å². The number of halogens is 1. The number of nitrogen functional groups attached to an aromatic ring is 1. The van der Waals surface area contributed by atoms with Gasteiger partial charge in [-0.05, 0) is 37.1 Å². The van der Waals surface area contributed by atoms with Gasteiger partial charge in [-0.1, -0.05) is 35.1 Å². The van der Waals surface area contributed by atoms with Gasteiger partial charge in [0.05, 0.1) is 32.7 Å². The SMILES string of the molecule is CNc1ccc(-c2nn(-c3ccccc3Cl)c3c2CCc2nc(N)sc2-3)cn1. The van der Waals surface area contributed by atoms with Crippen LogP contribution in [0.2, 0.25) is 5.02 Å². The maximum Gasteiger partial charge on any atom is 0.180 e. The van der Waals surface area contributed by atoms with Crippen LogP contribution < -0.4 is 11.1 Å². The van der Waals surface area contributed by atoms with Gasteiger partial charge in [-0.15, -0.1) is 0 Å². The number of nitrogens with one attached hydrogen (secondary N) is 1. The van der Waals surface area contributed by atoms with Gasteiger partial charge in [-0.2, -0.15) is 5.10 Å². The third-order valence-corrected chi connectivity index (χ3v) is 6.15. The molecule has 0 unspecified atom stereocenters. The Morgan fingerprint density at radius 2 is 2.04 bits per heavy atom. The quantitative estimate of drug-likeness (QED) is 0.524. The summed E-state index contributed by atoms with van der Waals surface area (Å²) in [7, 11) is 1.85. The standard InChI is InChI=1S/C20H17ClN6S/c1-23-16-9-6-11(10-24-16)17-12-7-8-14-19(28-20(22)25-14)18(12)27(26-17)15-5-3-2-4-13(15)21/h2-6,9-10H,7-8H2,1H3,(H2,22,25)(H,23,24). The number of thiazole rings is 1. The summed E-state index contributed by atoms with van der Waals surface area (Å²) in [6, 6.07) is 11.7. The van der Waals surface area contributed by atoms with Crippen molar-refractivity contribution in [1.82, 2.24) is 19.7 Å². The summed E-state index contributed by atoms with van der Waals surface area (Å²) in [5.74, 6) is 0.820. The molecule has 0 amide bonds. The summed E-state index contributed by atoms with van der Waals surface area (Å²) >= 11 is 8.01. The van der Waals surface area contributed by atoms with Crippen LogP contribution in [0.25, 0.3) is 27.5 Å². The predicted molar refractivity (Wildman–Crippen MR) is 114 cm³/mol. The van der Waals surface area contributed by atoms with Crippen molar-refractivity contribution in [1.29, 1.82) is 0 Å². The molecular weight excluding hydrogens is 392 g/mol. The molecule has 6 nitrogen and oxygen atoms in total. The molecule has 0 spiro atoms. The fraction of sp³-hybridized carbons (Fsp3) is 0.150. The Morgan fingerprint density at radius 3 is 2.79 bits per heavy atom. The van der Waals surface area contributed by atoms with E-state index in [0.717, 1.165) is 51.9 Å². The monoisotopic (exact) mass is 408 g/mol. The Hall–Kier alpha value is -2.90. The molecule has 0 fully saturated rings. The van der Waals surface area contributed by atoms with E-state index in [0.29, 0.717) is 10.2 Å². The van der Waals surface area contributed by atoms with Gasteiger partial charge in [0, 0.05) is 24.4 Å². The maximum absolute atomic E-state index is 6.51. The second-order valence-electron chi connectivity index (χ2n) is 6.55. The number of nitrogens with zero attached hydrogens (tertiary/aromatic N) is 4. The lowest BCUT2D eigenvalue weighted by molar-refractivity contribution is 0.873. The van der Waals surface area contributed by atoms with Crippen molar-refractivity contribution in [3.05, 3.63) is 58.9 Å². The molecule has 1 aliphatic carbocycles. The molecule has 0 aliphatic heterocycles. The molecule has 5 rings (SSSR count). The summed E-state index contributed by atoms with van der Waals surface area (Å²) in [6.07, 6.45) is 3.54. The lowest BCUT2D eigenvalue weighted by atomic mass is 9.95. The average Bonchev–Trinajstić information content (AvgIpc) is 3.28. The summed E-state index contributed by atoms with van der Waals surface area (Å²) in [4.78, 5) is 10.0. The molecular formula is C20H17ClN6S. The maximum atomic E-state index is 6.51. The number of anilines is 2. The molecule has 3 N–H and O–H groups in total. The van der Waals surface area contributed by atoms with E-state index in [1.165, 1.54) is 16.9 Å². The van der Waals surface area contributed by atoms with Crippen LogP contribution in [0.5, 0.6) is 0 Å². The number of rotatable bonds is 3. The topological polar surface area (TPSA) is 81.7 Å². The zero-order chi connectivity index (χ0) is 19.3. The molecule has 0 saturated heterocycles. The van der Waals surface area contributed by atoms with Crippen LogP contribution in [0.3, 0.4) is 0 Å². The van der Waals surface area contributed by atoms with Crippen molar-refractivity contribution in [3.8, 4) is 27.5 Å². The first-order valence-electron chi connectivity index (χ1n) is 8.92. The fourth-order valence-electron chi connectivity index (χ4n) is 3.60. The highest BCUT2D eigenvalue weighted by Crippen LogP contribution is 2.44. The van der Waals surface area contributed by atoms with Crippen LogP contribution in [0.4, 0.5) is 10.9 Å². The number of pyridine rings is 1. The number of aromatic nitrogens is 4. The second kappa shape index (κ2) is 6.61. The molecule has 140 valence electrons. The van der Waals surface area contributed by atoms with Crippen molar-refractivity contribution in [2.24, 2.45) is 0 Å². The van der Waals surface area contributed by atoms with Crippen molar-refractivity contribution in [2.45, 2.75) is 12.8 Å². The summed E-state index contributed by atoms with van der Waals surface area (Å²) < 4.78 is 1.93. The van der Waals surface area contributed by atoms with E-state index < -0.39 is 0 Å². The molecule has 0 saturated carbocycles. The van der Waals surface area contributed by atoms with E-state index >= 15 is 0 Å². The lowest BCUT2D eigenvalue weighted by Crippen LogP contribution is -2.06. The van der Waals surface area contributed by atoms with Gasteiger partial charge in [0.1, 0.15) is 5.82 Å². The predicted octanol–water partition coefficient (Wildman–Crippen LogP) is 4.43. The molecule has 28 heavy (non-hydrogen) atoms. The molecule has 3 aromatic heterocycles. The first-order valence-corrected chi connectivity index (χ1v) is 10.1. The van der Waals surface area contributed by atoms with Crippen LogP contribution in [-0.2, 0) is 12.8 Å². The van der Waals surface area contributed by atoms with E-state index in [1.54, 1.807) is 0 Å². The number of nitrogens with two attached hydrogens (primary N) is 1. The molecule has 1 aliphatic rings. The molecule has 0 bridgehead atoms. The number of fused-ring (bicyclic) bond motifs is 3. The number of benzene rings is 1. The van der Waals surface area contributed by atoms with Crippen LogP contribution in [0, 0.1) is 0 Å². The van der Waals surface area contributed by atoms with E-state index in [4.69, 9.17) is 22.4 Å². The highest BCUT2D eigenvalue weighted by Gasteiger charge is 2.29. The highest BCUT2D eigenvalue weighted by molar-refractivity contribution is 7.18. The minimum atomic E-state index is 0.575. The third-order valence-electron chi connectivity index (χ3n) is 4.90. The largest absolute Gasteiger partial charge is 0.375 e. The van der Waals surface area contributed by atoms with Crippen molar-refractivity contribution in [3.63, 3.8) is 0 Å². The zero-order valence-electron chi connectivity index (χ0n) is 15.1. The number of hydrogen-bond donors (Lipinski definition) is 2. The molecule has 3 heterocycles. The minimum absolute atomic E-state index is 0.575. The lowest BCUT2D eigenvalue weighted by Gasteiger charge is -2.14. The molecule has 4 aromatic rings. The normalized spacial score (nSPS) is 12.5. The van der Waals surface area contributed by atoms with E-state index in [9.17, 15) is 0 Å². The first-order chi connectivity index (χ1) is 13.7. The summed E-state index contributed by atoms with van der Waals surface area (Å²) in [6.45, 7) is 0. The Balaban J connectivity index is 1.78. The second-order valence-corrected chi connectivity index (χ2v) is 7.99. The van der Waals surface area contributed by atoms with Crippen molar-refractivity contribution < 1.29 is 0 Å². The van der Waals surface area contributed by atoms with Gasteiger partial charge in [0.2, 0.25) is 0 Å². The van der Waals surface area contributed by atoms with Gasteiger partial charge < -0.3 is 11.1 Å². The zero-order valence-corrected chi connectivity index (χ0v) is 16.7. The van der Waals surface area contributed by atoms with Crippen LogP contribution in [0.1, 0.15) is 11.3 Å². The molecule has 8 heteroatoms. The van der Waals surface area contributed by atoms with Crippen molar-refractivity contribution >= 4 is 33.9 Å². The smallest absolute Gasteiger partial charge is 0.180 e. The number of hydrogen-bond acceptors (Lipinski definition) is 6. The first kappa shape index (κ1) is 17.2. The van der Waals surface area contributed by atoms with Crippen molar-refractivity contribution in [2.75, 3.05) is 18.1 Å². The molecule has 0 radical (unpaired) electrons.